The summed E-state index contributed by atoms with van der Waals surface area (Å²) >= 11 is 0. The highest BCUT2D eigenvalue weighted by Gasteiger charge is 2.16. The molecule has 3 nitrogen and oxygen atoms in total. The maximum atomic E-state index is 11.5. The van der Waals surface area contributed by atoms with Crippen LogP contribution < -0.4 is 0 Å². The van der Waals surface area contributed by atoms with Crippen LogP contribution in [0.4, 0.5) is 0 Å². The smallest absolute Gasteiger partial charge is 0.305 e. The fourth-order valence-electron chi connectivity index (χ4n) is 3.09. The zero-order chi connectivity index (χ0) is 17.6. The second-order valence-electron chi connectivity index (χ2n) is 6.32. The predicted octanol–water partition coefficient (Wildman–Crippen LogP) is 4.33. The molecule has 1 rings (SSSR count). The first-order chi connectivity index (χ1) is 10.8. The van der Waals surface area contributed by atoms with Crippen molar-refractivity contribution >= 4 is 11.8 Å². The van der Waals surface area contributed by atoms with Gasteiger partial charge in [0, 0.05) is 12.8 Å². The highest BCUT2D eigenvalue weighted by atomic mass is 16.5. The minimum Gasteiger partial charge on any atom is -0.466 e. The molecule has 0 saturated heterocycles. The summed E-state index contributed by atoms with van der Waals surface area (Å²) in [6.07, 6.45) is 3.46. The van der Waals surface area contributed by atoms with Gasteiger partial charge >= 0.3 is 5.97 Å². The van der Waals surface area contributed by atoms with Gasteiger partial charge in [0.25, 0.3) is 0 Å². The van der Waals surface area contributed by atoms with E-state index in [1.165, 1.54) is 33.4 Å². The molecule has 0 unspecified atom stereocenters. The Morgan fingerprint density at radius 2 is 1.35 bits per heavy atom. The summed E-state index contributed by atoms with van der Waals surface area (Å²) in [5, 5.41) is 0. The highest BCUT2D eigenvalue weighted by Crippen LogP contribution is 2.29. The van der Waals surface area contributed by atoms with Crippen molar-refractivity contribution in [3.63, 3.8) is 0 Å². The van der Waals surface area contributed by atoms with Crippen LogP contribution in [0.2, 0.25) is 0 Å². The second kappa shape index (κ2) is 8.85. The van der Waals surface area contributed by atoms with Crippen molar-refractivity contribution in [1.29, 1.82) is 0 Å². The lowest BCUT2D eigenvalue weighted by molar-refractivity contribution is -0.143. The topological polar surface area (TPSA) is 43.4 Å². The van der Waals surface area contributed by atoms with Gasteiger partial charge in [-0.15, -0.1) is 0 Å². The monoisotopic (exact) mass is 318 g/mol. The Balaban J connectivity index is 3.02. The summed E-state index contributed by atoms with van der Waals surface area (Å²) < 4.78 is 5.00. The van der Waals surface area contributed by atoms with Gasteiger partial charge in [0.15, 0.2) is 0 Å². The van der Waals surface area contributed by atoms with E-state index in [2.05, 4.69) is 27.7 Å². The van der Waals surface area contributed by atoms with Gasteiger partial charge in [0.1, 0.15) is 5.78 Å². The third-order valence-corrected chi connectivity index (χ3v) is 4.80. The van der Waals surface area contributed by atoms with Crippen molar-refractivity contribution in [3.8, 4) is 0 Å². The largest absolute Gasteiger partial charge is 0.466 e. The van der Waals surface area contributed by atoms with E-state index < -0.39 is 0 Å². The van der Waals surface area contributed by atoms with Crippen molar-refractivity contribution in [2.45, 2.75) is 73.6 Å². The number of ether oxygens (including phenoxy) is 1. The number of benzene rings is 1. The molecule has 1 aromatic rings. The number of esters is 1. The van der Waals surface area contributed by atoms with E-state index >= 15 is 0 Å². The summed E-state index contributed by atoms with van der Waals surface area (Å²) in [4.78, 5) is 22.9. The van der Waals surface area contributed by atoms with Gasteiger partial charge in [-0.05, 0) is 94.2 Å². The van der Waals surface area contributed by atoms with E-state index in [-0.39, 0.29) is 11.8 Å². The molecule has 0 N–H and O–H groups in total. The zero-order valence-electron chi connectivity index (χ0n) is 15.5. The average molecular weight is 318 g/mol. The van der Waals surface area contributed by atoms with Crippen molar-refractivity contribution in [2.75, 3.05) is 6.61 Å². The van der Waals surface area contributed by atoms with E-state index in [1.807, 2.05) is 6.92 Å². The predicted molar refractivity (Wildman–Crippen MR) is 94.0 cm³/mol. The van der Waals surface area contributed by atoms with Crippen molar-refractivity contribution in [3.05, 3.63) is 33.4 Å². The van der Waals surface area contributed by atoms with Gasteiger partial charge < -0.3 is 9.53 Å². The molecule has 0 aliphatic rings. The molecule has 0 atom stereocenters. The Morgan fingerprint density at radius 1 is 0.826 bits per heavy atom. The van der Waals surface area contributed by atoms with E-state index in [0.29, 0.717) is 19.4 Å². The molecule has 0 heterocycles. The van der Waals surface area contributed by atoms with Crippen LogP contribution in [0.3, 0.4) is 0 Å². The molecule has 0 aromatic heterocycles. The SMILES string of the molecule is CCOC(=O)CCCc1c(C)c(C)c(C)c(C)c1CCC(C)=O. The lowest BCUT2D eigenvalue weighted by Crippen LogP contribution is -2.09. The number of carbonyl (C=O) groups is 2. The summed E-state index contributed by atoms with van der Waals surface area (Å²) in [5.41, 5.74) is 7.84. The molecule has 1 aromatic carbocycles. The van der Waals surface area contributed by atoms with Crippen LogP contribution in [0.25, 0.3) is 0 Å². The van der Waals surface area contributed by atoms with Crippen LogP contribution in [0, 0.1) is 27.7 Å². The Hall–Kier alpha value is -1.64. The van der Waals surface area contributed by atoms with Gasteiger partial charge in [-0.25, -0.2) is 0 Å². The standard InChI is InChI=1S/C20H30O3/c1-7-23-20(22)10-8-9-18-16(5)14(3)15(4)17(6)19(18)12-11-13(2)21/h7-12H2,1-6H3. The molecule has 0 bridgehead atoms. The first kappa shape index (κ1) is 19.4. The Bertz CT molecular complexity index is 585. The van der Waals surface area contributed by atoms with Crippen molar-refractivity contribution in [2.24, 2.45) is 0 Å². The first-order valence-electron chi connectivity index (χ1n) is 8.52. The molecular formula is C20H30O3. The Morgan fingerprint density at radius 3 is 1.83 bits per heavy atom. The molecule has 23 heavy (non-hydrogen) atoms. The van der Waals surface area contributed by atoms with E-state index in [4.69, 9.17) is 4.74 Å². The molecule has 0 amide bonds. The molecule has 3 heteroatoms. The summed E-state index contributed by atoms with van der Waals surface area (Å²) in [7, 11) is 0. The van der Waals surface area contributed by atoms with Crippen LogP contribution in [0.15, 0.2) is 0 Å². The quantitative estimate of drug-likeness (QED) is 0.670. The average Bonchev–Trinajstić information content (AvgIpc) is 2.49. The van der Waals surface area contributed by atoms with Crippen LogP contribution in [-0.4, -0.2) is 18.4 Å². The van der Waals surface area contributed by atoms with E-state index in [0.717, 1.165) is 19.3 Å². The van der Waals surface area contributed by atoms with E-state index in [9.17, 15) is 9.59 Å². The lowest BCUT2D eigenvalue weighted by Gasteiger charge is -2.21. The number of Topliss-reactive ketones (excluding diaryl/α,β-unsaturated/α-hetero) is 1. The van der Waals surface area contributed by atoms with Gasteiger partial charge in [0.05, 0.1) is 6.61 Å². The molecule has 0 aliphatic carbocycles. The zero-order valence-corrected chi connectivity index (χ0v) is 15.5. The van der Waals surface area contributed by atoms with Crippen LogP contribution in [-0.2, 0) is 27.2 Å². The van der Waals surface area contributed by atoms with Crippen LogP contribution in [0.5, 0.6) is 0 Å². The van der Waals surface area contributed by atoms with Crippen LogP contribution >= 0.6 is 0 Å². The molecule has 0 saturated carbocycles. The fraction of sp³-hybridized carbons (Fsp3) is 0.600. The van der Waals surface area contributed by atoms with Crippen molar-refractivity contribution < 1.29 is 14.3 Å². The number of hydrogen-bond acceptors (Lipinski definition) is 3. The molecule has 128 valence electrons. The maximum absolute atomic E-state index is 11.5. The number of rotatable bonds is 8. The number of ketones is 1. The van der Waals surface area contributed by atoms with Crippen molar-refractivity contribution in [1.82, 2.24) is 0 Å². The minimum absolute atomic E-state index is 0.129. The summed E-state index contributed by atoms with van der Waals surface area (Å²) in [6, 6.07) is 0. The minimum atomic E-state index is -0.129. The Labute approximate surface area is 140 Å². The van der Waals surface area contributed by atoms with Gasteiger partial charge in [0.2, 0.25) is 0 Å². The third-order valence-electron chi connectivity index (χ3n) is 4.80. The summed E-state index contributed by atoms with van der Waals surface area (Å²) in [6.45, 7) is 12.5. The number of hydrogen-bond donors (Lipinski definition) is 0. The molecule has 0 aliphatic heterocycles. The van der Waals surface area contributed by atoms with E-state index in [1.54, 1.807) is 6.92 Å². The normalized spacial score (nSPS) is 10.7. The van der Waals surface area contributed by atoms with Crippen LogP contribution in [0.1, 0.15) is 66.5 Å². The van der Waals surface area contributed by atoms with Gasteiger partial charge in [-0.1, -0.05) is 0 Å². The lowest BCUT2D eigenvalue weighted by atomic mass is 9.84. The van der Waals surface area contributed by atoms with Gasteiger partial charge in [-0.2, -0.15) is 0 Å². The maximum Gasteiger partial charge on any atom is 0.305 e. The molecule has 0 fully saturated rings. The fourth-order valence-corrected chi connectivity index (χ4v) is 3.09. The first-order valence-corrected chi connectivity index (χ1v) is 8.52. The number of carbonyl (C=O) groups excluding carboxylic acids is 2. The van der Waals surface area contributed by atoms with Gasteiger partial charge in [-0.3, -0.25) is 4.79 Å². The third kappa shape index (κ3) is 5.19. The highest BCUT2D eigenvalue weighted by molar-refractivity contribution is 5.76. The molecule has 0 radical (unpaired) electrons. The second-order valence-corrected chi connectivity index (χ2v) is 6.32. The Kier molecular flexibility index (Phi) is 7.47. The molecule has 0 spiro atoms. The summed E-state index contributed by atoms with van der Waals surface area (Å²) in [5.74, 6) is 0.0914. The molecular weight excluding hydrogens is 288 g/mol.